The van der Waals surface area contributed by atoms with E-state index in [1.165, 1.54) is 0 Å². The van der Waals surface area contributed by atoms with Gasteiger partial charge < -0.3 is 0 Å². The Kier molecular flexibility index (Phi) is 7.10. The predicted molar refractivity (Wildman–Crippen MR) is 165 cm³/mol. The molecule has 39 heavy (non-hydrogen) atoms. The van der Waals surface area contributed by atoms with Crippen molar-refractivity contribution in [1.29, 1.82) is 0 Å². The van der Waals surface area contributed by atoms with Crippen LogP contribution in [-0.2, 0) is 0 Å². The van der Waals surface area contributed by atoms with E-state index in [2.05, 4.69) is 50.1 Å². The zero-order valence-electron chi connectivity index (χ0n) is 20.9. The van der Waals surface area contributed by atoms with Crippen molar-refractivity contribution < 1.29 is 4.79 Å². The number of carbonyl (C=O) groups excluding carboxylic acids is 1. The first-order valence-electron chi connectivity index (χ1n) is 12.5. The Morgan fingerprint density at radius 1 is 0.872 bits per heavy atom. The largest absolute Gasteiger partial charge is 0.276 e. The van der Waals surface area contributed by atoms with Crippen molar-refractivity contribution in [3.63, 3.8) is 0 Å². The van der Waals surface area contributed by atoms with Crippen LogP contribution in [0.2, 0.25) is 5.02 Å². The van der Waals surface area contributed by atoms with Gasteiger partial charge >= 0.3 is 0 Å². The molecule has 0 saturated heterocycles. The van der Waals surface area contributed by atoms with Crippen molar-refractivity contribution in [2.24, 2.45) is 5.10 Å². The van der Waals surface area contributed by atoms with Gasteiger partial charge in [0.2, 0.25) is 0 Å². The van der Waals surface area contributed by atoms with Gasteiger partial charge in [-0.2, -0.15) is 5.10 Å². The SMILES string of the molecule is Cc1nc2ccc(Br)cc2c(-c2ccccc2)c1C1=NN(C(=O)c2ccccc2Cl)[C@H](c2ccc(Br)cc2)C1. The molecule has 192 valence electrons. The second kappa shape index (κ2) is 10.7. The lowest BCUT2D eigenvalue weighted by atomic mass is 9.89. The third kappa shape index (κ3) is 4.93. The Morgan fingerprint density at radius 2 is 1.56 bits per heavy atom. The maximum atomic E-state index is 13.9. The molecule has 1 aromatic heterocycles. The van der Waals surface area contributed by atoms with E-state index in [1.807, 2.05) is 73.7 Å². The van der Waals surface area contributed by atoms with Gasteiger partial charge in [-0.25, -0.2) is 5.01 Å². The van der Waals surface area contributed by atoms with E-state index in [0.29, 0.717) is 17.0 Å². The molecule has 5 aromatic rings. The Hall–Kier alpha value is -3.32. The molecule has 0 N–H and O–H groups in total. The van der Waals surface area contributed by atoms with Crippen LogP contribution in [0.15, 0.2) is 111 Å². The second-order valence-corrected chi connectivity index (χ2v) is 11.7. The Balaban J connectivity index is 1.57. The van der Waals surface area contributed by atoms with Crippen molar-refractivity contribution in [1.82, 2.24) is 9.99 Å². The summed E-state index contributed by atoms with van der Waals surface area (Å²) in [6.07, 6.45) is 0.541. The van der Waals surface area contributed by atoms with E-state index < -0.39 is 0 Å². The lowest BCUT2D eigenvalue weighted by Crippen LogP contribution is -2.27. The maximum absolute atomic E-state index is 13.9. The van der Waals surface area contributed by atoms with Gasteiger partial charge in [-0.3, -0.25) is 9.78 Å². The number of fused-ring (bicyclic) bond motifs is 1. The highest BCUT2D eigenvalue weighted by Gasteiger charge is 2.36. The number of benzene rings is 4. The lowest BCUT2D eigenvalue weighted by molar-refractivity contribution is 0.0711. The maximum Gasteiger partial charge on any atom is 0.276 e. The molecule has 1 amide bonds. The van der Waals surface area contributed by atoms with Gasteiger partial charge in [0.15, 0.2) is 0 Å². The number of pyridine rings is 1. The first-order chi connectivity index (χ1) is 18.9. The van der Waals surface area contributed by atoms with Crippen molar-refractivity contribution in [3.05, 3.63) is 133 Å². The number of hydrogen-bond donors (Lipinski definition) is 0. The van der Waals surface area contributed by atoms with Crippen molar-refractivity contribution in [3.8, 4) is 11.1 Å². The molecule has 1 aliphatic heterocycles. The van der Waals surface area contributed by atoms with Crippen molar-refractivity contribution in [2.75, 3.05) is 0 Å². The number of amides is 1. The average Bonchev–Trinajstić information content (AvgIpc) is 3.38. The predicted octanol–water partition coefficient (Wildman–Crippen LogP) is 9.38. The normalized spacial score (nSPS) is 15.0. The van der Waals surface area contributed by atoms with E-state index in [0.717, 1.165) is 53.5 Å². The molecule has 0 aliphatic carbocycles. The first kappa shape index (κ1) is 25.9. The first-order valence-corrected chi connectivity index (χ1v) is 14.4. The molecule has 7 heteroatoms. The number of halogens is 3. The zero-order valence-corrected chi connectivity index (χ0v) is 24.8. The van der Waals surface area contributed by atoms with Crippen LogP contribution < -0.4 is 0 Å². The molecule has 4 aromatic carbocycles. The minimum Gasteiger partial charge on any atom is -0.267 e. The molecule has 0 radical (unpaired) electrons. The van der Waals surface area contributed by atoms with E-state index in [9.17, 15) is 4.79 Å². The van der Waals surface area contributed by atoms with E-state index >= 15 is 0 Å². The molecule has 0 saturated carbocycles. The van der Waals surface area contributed by atoms with Gasteiger partial charge in [-0.05, 0) is 60.5 Å². The van der Waals surface area contributed by atoms with Crippen LogP contribution in [0, 0.1) is 6.92 Å². The highest BCUT2D eigenvalue weighted by Crippen LogP contribution is 2.41. The fraction of sp³-hybridized carbons (Fsp3) is 0.0938. The molecule has 0 bridgehead atoms. The number of aromatic nitrogens is 1. The molecule has 0 fully saturated rings. The Morgan fingerprint density at radius 3 is 2.31 bits per heavy atom. The van der Waals surface area contributed by atoms with E-state index in [-0.39, 0.29) is 11.9 Å². The lowest BCUT2D eigenvalue weighted by Gasteiger charge is -2.22. The van der Waals surface area contributed by atoms with Gasteiger partial charge in [0.1, 0.15) is 0 Å². The average molecular weight is 660 g/mol. The topological polar surface area (TPSA) is 45.6 Å². The summed E-state index contributed by atoms with van der Waals surface area (Å²) >= 11 is 13.6. The van der Waals surface area contributed by atoms with Crippen LogP contribution >= 0.6 is 43.5 Å². The van der Waals surface area contributed by atoms with Gasteiger partial charge in [-0.15, -0.1) is 0 Å². The van der Waals surface area contributed by atoms with Crippen LogP contribution in [0.3, 0.4) is 0 Å². The quantitative estimate of drug-likeness (QED) is 0.193. The second-order valence-electron chi connectivity index (χ2n) is 9.42. The van der Waals surface area contributed by atoms with Gasteiger partial charge in [0.05, 0.1) is 27.9 Å². The number of rotatable bonds is 4. The van der Waals surface area contributed by atoms with Crippen LogP contribution in [0.5, 0.6) is 0 Å². The monoisotopic (exact) mass is 657 g/mol. The summed E-state index contributed by atoms with van der Waals surface area (Å²) < 4.78 is 1.95. The molecule has 4 nitrogen and oxygen atoms in total. The Bertz CT molecular complexity index is 1750. The summed E-state index contributed by atoms with van der Waals surface area (Å²) in [4.78, 5) is 18.9. The van der Waals surface area contributed by atoms with Crippen LogP contribution in [-0.4, -0.2) is 21.6 Å². The summed E-state index contributed by atoms with van der Waals surface area (Å²) in [6, 6.07) is 31.3. The Labute approximate surface area is 248 Å². The van der Waals surface area contributed by atoms with Crippen LogP contribution in [0.4, 0.5) is 0 Å². The summed E-state index contributed by atoms with van der Waals surface area (Å²) in [5.41, 5.74) is 7.08. The number of hydrogen-bond acceptors (Lipinski definition) is 3. The number of hydrazone groups is 1. The summed E-state index contributed by atoms with van der Waals surface area (Å²) in [6.45, 7) is 2.01. The molecule has 6 rings (SSSR count). The molecule has 1 atom stereocenters. The number of nitrogens with zero attached hydrogens (tertiary/aromatic N) is 3. The molecule has 0 unspecified atom stereocenters. The molecule has 1 aliphatic rings. The summed E-state index contributed by atoms with van der Waals surface area (Å²) in [7, 11) is 0. The molecular weight excluding hydrogens is 638 g/mol. The number of carbonyl (C=O) groups is 1. The molecule has 0 spiro atoms. The highest BCUT2D eigenvalue weighted by atomic mass is 79.9. The smallest absolute Gasteiger partial charge is 0.267 e. The fourth-order valence-corrected chi connectivity index (χ4v) is 6.01. The minimum absolute atomic E-state index is 0.237. The zero-order chi connectivity index (χ0) is 27.1. The van der Waals surface area contributed by atoms with Gasteiger partial charge in [0, 0.05) is 37.6 Å². The third-order valence-electron chi connectivity index (χ3n) is 6.96. The van der Waals surface area contributed by atoms with Gasteiger partial charge in [0.25, 0.3) is 5.91 Å². The molecular formula is C32H22Br2ClN3O. The number of aryl methyl sites for hydroxylation is 1. The summed E-state index contributed by atoms with van der Waals surface area (Å²) in [5.74, 6) is -0.237. The summed E-state index contributed by atoms with van der Waals surface area (Å²) in [5, 5.41) is 8.02. The van der Waals surface area contributed by atoms with Crippen molar-refractivity contribution >= 4 is 66.0 Å². The van der Waals surface area contributed by atoms with Crippen LogP contribution in [0.1, 0.15) is 39.6 Å². The van der Waals surface area contributed by atoms with Gasteiger partial charge in [-0.1, -0.05) is 98.1 Å². The minimum atomic E-state index is -0.293. The standard InChI is InChI=1S/C32H22Br2ClN3O/c1-19-30(31(21-7-3-2-4-8-21)25-17-23(34)15-16-27(25)36-19)28-18-29(20-11-13-22(33)14-12-20)38(37-28)32(39)24-9-5-6-10-26(24)35/h2-17,29H,18H2,1H3/t29-/m0/s1. The van der Waals surface area contributed by atoms with Crippen LogP contribution in [0.25, 0.3) is 22.0 Å². The molecule has 2 heterocycles. The van der Waals surface area contributed by atoms with E-state index in [1.54, 1.807) is 17.1 Å². The van der Waals surface area contributed by atoms with Crippen molar-refractivity contribution in [2.45, 2.75) is 19.4 Å². The fourth-order valence-electron chi connectivity index (χ4n) is 5.17. The highest BCUT2D eigenvalue weighted by molar-refractivity contribution is 9.10. The third-order valence-corrected chi connectivity index (χ3v) is 8.31. The van der Waals surface area contributed by atoms with E-state index in [4.69, 9.17) is 21.7 Å².